The van der Waals surface area contributed by atoms with E-state index in [0.717, 1.165) is 16.3 Å². The fraction of sp³-hybridized carbons (Fsp3) is 0.143. The van der Waals surface area contributed by atoms with Gasteiger partial charge < -0.3 is 19.3 Å². The summed E-state index contributed by atoms with van der Waals surface area (Å²) in [5.74, 6) is 0.150. The van der Waals surface area contributed by atoms with Crippen LogP contribution in [0.25, 0.3) is 16.5 Å². The maximum Gasteiger partial charge on any atom is 0.301 e. The van der Waals surface area contributed by atoms with Crippen molar-refractivity contribution in [1.29, 1.82) is 0 Å². The lowest BCUT2D eigenvalue weighted by atomic mass is 9.95. The lowest BCUT2D eigenvalue weighted by molar-refractivity contribution is -0.132. The molecule has 1 atom stereocenters. The van der Waals surface area contributed by atoms with E-state index in [9.17, 15) is 14.7 Å². The molecule has 3 heterocycles. The number of thioether (sulfide) groups is 1. The van der Waals surface area contributed by atoms with E-state index in [1.54, 1.807) is 48.5 Å². The van der Waals surface area contributed by atoms with E-state index in [2.05, 4.69) is 41.0 Å². The average molecular weight is 650 g/mol. The second kappa shape index (κ2) is 12.7. The molecule has 0 spiro atoms. The van der Waals surface area contributed by atoms with Gasteiger partial charge >= 0.3 is 5.91 Å². The zero-order valence-corrected chi connectivity index (χ0v) is 26.1. The quantitative estimate of drug-likeness (QED) is 0.0453. The number of anilines is 1. The zero-order valence-electron chi connectivity index (χ0n) is 24.4. The number of carbonyl (C=O) groups is 2. The van der Waals surface area contributed by atoms with Gasteiger partial charge in [-0.3, -0.25) is 14.5 Å². The van der Waals surface area contributed by atoms with Crippen molar-refractivity contribution in [3.05, 3.63) is 120 Å². The van der Waals surface area contributed by atoms with Crippen molar-refractivity contribution in [2.45, 2.75) is 16.1 Å². The van der Waals surface area contributed by atoms with E-state index in [1.165, 1.54) is 28.0 Å². The standard InChI is InChI=1S/C35H27N3O6S2/c1-2-15-42-25-11-6-9-22(18-25)30-29(31(39)23-13-14-27-28(19-23)44-17-16-43-27)32(40)33(41)38(30)34-36-37-35(46-34)45-20-24-10-5-8-21-7-3-4-12-26(21)24/h2-14,18-19,30,39H,1,15-17,20H2/t30-/m1/s1. The van der Waals surface area contributed by atoms with E-state index in [0.29, 0.717) is 51.7 Å². The maximum absolute atomic E-state index is 13.7. The monoisotopic (exact) mass is 649 g/mol. The van der Waals surface area contributed by atoms with E-state index < -0.39 is 17.7 Å². The Labute approximate surface area is 272 Å². The number of benzene rings is 4. The molecule has 1 amide bonds. The Bertz CT molecular complexity index is 2020. The van der Waals surface area contributed by atoms with Crippen molar-refractivity contribution in [1.82, 2.24) is 10.2 Å². The molecule has 9 nitrogen and oxygen atoms in total. The number of ketones is 1. The summed E-state index contributed by atoms with van der Waals surface area (Å²) in [5.41, 5.74) is 1.94. The number of fused-ring (bicyclic) bond motifs is 2. The molecule has 1 fully saturated rings. The Hall–Kier alpha value is -5.13. The van der Waals surface area contributed by atoms with Gasteiger partial charge in [-0.05, 0) is 52.2 Å². The van der Waals surface area contributed by atoms with Crippen molar-refractivity contribution < 1.29 is 28.9 Å². The molecule has 230 valence electrons. The van der Waals surface area contributed by atoms with Crippen molar-refractivity contribution in [2.24, 2.45) is 0 Å². The minimum absolute atomic E-state index is 0.0808. The van der Waals surface area contributed by atoms with Crippen molar-refractivity contribution in [2.75, 3.05) is 24.7 Å². The highest BCUT2D eigenvalue weighted by Gasteiger charge is 2.48. The Balaban J connectivity index is 1.26. The van der Waals surface area contributed by atoms with Gasteiger partial charge in [-0.2, -0.15) is 0 Å². The van der Waals surface area contributed by atoms with Crippen LogP contribution in [-0.2, 0) is 15.3 Å². The van der Waals surface area contributed by atoms with E-state index >= 15 is 0 Å². The zero-order chi connectivity index (χ0) is 31.6. The Morgan fingerprint density at radius 2 is 1.80 bits per heavy atom. The highest BCUT2D eigenvalue weighted by molar-refractivity contribution is 8.00. The second-order valence-corrected chi connectivity index (χ2v) is 12.7. The third-order valence-corrected chi connectivity index (χ3v) is 9.74. The summed E-state index contributed by atoms with van der Waals surface area (Å²) in [5, 5.41) is 22.9. The van der Waals surface area contributed by atoms with Gasteiger partial charge in [-0.25, -0.2) is 0 Å². The van der Waals surface area contributed by atoms with Crippen LogP contribution in [0.1, 0.15) is 22.7 Å². The number of aromatic nitrogens is 2. The van der Waals surface area contributed by atoms with E-state index in [-0.39, 0.29) is 23.1 Å². The molecular formula is C35H27N3O6S2. The predicted octanol–water partition coefficient (Wildman–Crippen LogP) is 6.95. The summed E-state index contributed by atoms with van der Waals surface area (Å²) in [6.45, 7) is 4.75. The van der Waals surface area contributed by atoms with Gasteiger partial charge in [-0.1, -0.05) is 90.4 Å². The molecule has 46 heavy (non-hydrogen) atoms. The fourth-order valence-corrected chi connectivity index (χ4v) is 7.41. The Morgan fingerprint density at radius 1 is 1.00 bits per heavy atom. The molecule has 0 radical (unpaired) electrons. The van der Waals surface area contributed by atoms with Gasteiger partial charge in [0.2, 0.25) is 5.13 Å². The molecule has 0 unspecified atom stereocenters. The number of hydrogen-bond donors (Lipinski definition) is 1. The maximum atomic E-state index is 13.7. The summed E-state index contributed by atoms with van der Waals surface area (Å²) in [4.78, 5) is 28.8. The minimum atomic E-state index is -0.996. The van der Waals surface area contributed by atoms with Gasteiger partial charge in [0.1, 0.15) is 31.3 Å². The summed E-state index contributed by atoms with van der Waals surface area (Å²) >= 11 is 2.71. The highest BCUT2D eigenvalue weighted by Crippen LogP contribution is 2.45. The fourth-order valence-electron chi connectivity index (χ4n) is 5.54. The lowest BCUT2D eigenvalue weighted by Crippen LogP contribution is -2.29. The first kappa shape index (κ1) is 29.6. The highest BCUT2D eigenvalue weighted by atomic mass is 32.2. The molecule has 4 aromatic carbocycles. The largest absolute Gasteiger partial charge is 0.507 e. The van der Waals surface area contributed by atoms with E-state index in [1.807, 2.05) is 18.2 Å². The number of hydrogen-bond acceptors (Lipinski definition) is 10. The first-order chi connectivity index (χ1) is 22.5. The van der Waals surface area contributed by atoms with E-state index in [4.69, 9.17) is 14.2 Å². The normalized spacial score (nSPS) is 17.0. The summed E-state index contributed by atoms with van der Waals surface area (Å²) in [7, 11) is 0. The molecule has 0 bridgehead atoms. The van der Waals surface area contributed by atoms with Gasteiger partial charge in [0, 0.05) is 11.3 Å². The smallest absolute Gasteiger partial charge is 0.301 e. The van der Waals surface area contributed by atoms with Crippen LogP contribution in [0.2, 0.25) is 0 Å². The molecule has 1 N–H and O–H groups in total. The number of aliphatic hydroxyl groups excluding tert-OH is 1. The van der Waals surface area contributed by atoms with Crippen LogP contribution < -0.4 is 19.1 Å². The molecule has 2 aliphatic rings. The van der Waals surface area contributed by atoms with Crippen molar-refractivity contribution in [3.63, 3.8) is 0 Å². The van der Waals surface area contributed by atoms with Crippen LogP contribution in [0.15, 0.2) is 107 Å². The molecule has 7 rings (SSSR count). The third-order valence-electron chi connectivity index (χ3n) is 7.63. The number of nitrogens with zero attached hydrogens (tertiary/aromatic N) is 3. The minimum Gasteiger partial charge on any atom is -0.507 e. The molecule has 2 aliphatic heterocycles. The SMILES string of the molecule is C=CCOc1cccc([C@@H]2C(=C(O)c3ccc4c(c3)OCCO4)C(=O)C(=O)N2c2nnc(SCc3cccc4ccccc34)s2)c1. The second-order valence-electron chi connectivity index (χ2n) is 10.5. The Morgan fingerprint density at radius 3 is 2.67 bits per heavy atom. The summed E-state index contributed by atoms with van der Waals surface area (Å²) < 4.78 is 17.7. The number of rotatable bonds is 9. The number of ether oxygens (including phenoxy) is 3. The molecular weight excluding hydrogens is 623 g/mol. The van der Waals surface area contributed by atoms with Crippen LogP contribution in [-0.4, -0.2) is 46.8 Å². The van der Waals surface area contributed by atoms with Crippen molar-refractivity contribution >= 4 is 56.5 Å². The van der Waals surface area contributed by atoms with Crippen LogP contribution in [0.5, 0.6) is 17.2 Å². The first-order valence-corrected chi connectivity index (χ1v) is 16.3. The number of amides is 1. The topological polar surface area (TPSA) is 111 Å². The predicted molar refractivity (Wildman–Crippen MR) is 178 cm³/mol. The molecule has 0 aliphatic carbocycles. The first-order valence-electron chi connectivity index (χ1n) is 14.5. The summed E-state index contributed by atoms with van der Waals surface area (Å²) in [6.07, 6.45) is 1.62. The molecule has 1 aromatic heterocycles. The van der Waals surface area contributed by atoms with Gasteiger partial charge in [0.15, 0.2) is 15.8 Å². The van der Waals surface area contributed by atoms with Gasteiger partial charge in [-0.15, -0.1) is 10.2 Å². The van der Waals surface area contributed by atoms with Crippen LogP contribution in [0, 0.1) is 0 Å². The lowest BCUT2D eigenvalue weighted by Gasteiger charge is -2.23. The molecule has 11 heteroatoms. The van der Waals surface area contributed by atoms with Crippen LogP contribution in [0.3, 0.4) is 0 Å². The third kappa shape index (κ3) is 5.59. The van der Waals surface area contributed by atoms with Gasteiger partial charge in [0.05, 0.1) is 11.6 Å². The molecule has 5 aromatic rings. The Kier molecular flexibility index (Phi) is 8.17. The summed E-state index contributed by atoms with van der Waals surface area (Å²) in [6, 6.07) is 25.3. The molecule has 0 saturated carbocycles. The number of Topliss-reactive ketones (excluding diaryl/α,β-unsaturated/α-hetero) is 1. The van der Waals surface area contributed by atoms with Gasteiger partial charge in [0.25, 0.3) is 5.78 Å². The number of aliphatic hydroxyl groups is 1. The number of carbonyl (C=O) groups excluding carboxylic acids is 2. The molecule has 1 saturated heterocycles. The average Bonchev–Trinajstić information content (AvgIpc) is 3.67. The van der Waals surface area contributed by atoms with Crippen molar-refractivity contribution in [3.8, 4) is 17.2 Å². The van der Waals surface area contributed by atoms with Crippen LogP contribution in [0.4, 0.5) is 5.13 Å². The van der Waals surface area contributed by atoms with Crippen LogP contribution >= 0.6 is 23.1 Å².